The van der Waals surface area contributed by atoms with Gasteiger partial charge >= 0.3 is 5.97 Å². The molecular formula is C11H16N2O2. The van der Waals surface area contributed by atoms with E-state index in [1.165, 1.54) is 11.3 Å². The zero-order valence-corrected chi connectivity index (χ0v) is 9.16. The van der Waals surface area contributed by atoms with Gasteiger partial charge in [0, 0.05) is 18.7 Å². The van der Waals surface area contributed by atoms with Crippen LogP contribution in [0.2, 0.25) is 0 Å². The van der Waals surface area contributed by atoms with Crippen LogP contribution in [0.4, 0.5) is 0 Å². The van der Waals surface area contributed by atoms with E-state index in [9.17, 15) is 4.79 Å². The minimum atomic E-state index is -0.740. The summed E-state index contributed by atoms with van der Waals surface area (Å²) in [6, 6.07) is 0. The predicted octanol–water partition coefficient (Wildman–Crippen LogP) is 1.49. The molecule has 1 N–H and O–H groups in total. The molecule has 2 rings (SSSR count). The van der Waals surface area contributed by atoms with E-state index in [1.807, 2.05) is 18.7 Å². The van der Waals surface area contributed by atoms with Gasteiger partial charge in [0.25, 0.3) is 0 Å². The Hall–Kier alpha value is -1.32. The number of nitrogens with zero attached hydrogens (tertiary/aromatic N) is 2. The molecule has 0 radical (unpaired) electrons. The Morgan fingerprint density at radius 3 is 3.00 bits per heavy atom. The minimum absolute atomic E-state index is 0.0573. The second kappa shape index (κ2) is 3.68. The highest BCUT2D eigenvalue weighted by atomic mass is 16.4. The fourth-order valence-electron chi connectivity index (χ4n) is 2.52. The molecule has 82 valence electrons. The molecule has 4 nitrogen and oxygen atoms in total. The van der Waals surface area contributed by atoms with Crippen molar-refractivity contribution in [3.05, 3.63) is 17.0 Å². The molecule has 0 saturated carbocycles. The first kappa shape index (κ1) is 10.2. The molecule has 1 atom stereocenters. The standard InChI is InChI=1S/C11H16N2O2/c1-7(6-10(14)15)11-8-4-3-5-9(8)12-13(11)2/h7H,3-6H2,1-2H3,(H,14,15). The highest BCUT2D eigenvalue weighted by molar-refractivity contribution is 5.68. The maximum absolute atomic E-state index is 10.7. The van der Waals surface area contributed by atoms with Gasteiger partial charge in [-0.2, -0.15) is 5.10 Å². The quantitative estimate of drug-likeness (QED) is 0.818. The Labute approximate surface area is 88.9 Å². The average Bonchev–Trinajstić information content (AvgIpc) is 2.60. The lowest BCUT2D eigenvalue weighted by atomic mass is 9.99. The number of carboxylic acid groups (broad SMARTS) is 1. The Kier molecular flexibility index (Phi) is 2.50. The van der Waals surface area contributed by atoms with E-state index in [1.54, 1.807) is 0 Å². The SMILES string of the molecule is CC(CC(=O)O)c1c2c(nn1C)CCC2. The fraction of sp³-hybridized carbons (Fsp3) is 0.636. The van der Waals surface area contributed by atoms with Crippen molar-refractivity contribution in [2.75, 3.05) is 0 Å². The molecule has 15 heavy (non-hydrogen) atoms. The molecule has 0 saturated heterocycles. The van der Waals surface area contributed by atoms with E-state index in [0.717, 1.165) is 25.0 Å². The van der Waals surface area contributed by atoms with Crippen LogP contribution in [0, 0.1) is 0 Å². The summed E-state index contributed by atoms with van der Waals surface area (Å²) >= 11 is 0. The van der Waals surface area contributed by atoms with Crippen LogP contribution in [0.1, 0.15) is 42.6 Å². The van der Waals surface area contributed by atoms with E-state index >= 15 is 0 Å². The first-order chi connectivity index (χ1) is 7.09. The van der Waals surface area contributed by atoms with Gasteiger partial charge in [-0.1, -0.05) is 6.92 Å². The molecule has 0 aromatic carbocycles. The summed E-state index contributed by atoms with van der Waals surface area (Å²) in [5, 5.41) is 13.2. The summed E-state index contributed by atoms with van der Waals surface area (Å²) in [5.41, 5.74) is 3.58. The summed E-state index contributed by atoms with van der Waals surface area (Å²) in [6.07, 6.45) is 3.45. The molecule has 4 heteroatoms. The van der Waals surface area contributed by atoms with Crippen molar-refractivity contribution in [3.63, 3.8) is 0 Å². The number of aryl methyl sites for hydroxylation is 2. The number of aromatic nitrogens is 2. The molecule has 1 aromatic heterocycles. The van der Waals surface area contributed by atoms with Crippen molar-refractivity contribution >= 4 is 5.97 Å². The average molecular weight is 208 g/mol. The lowest BCUT2D eigenvalue weighted by molar-refractivity contribution is -0.137. The minimum Gasteiger partial charge on any atom is -0.481 e. The normalized spacial score (nSPS) is 16.4. The number of hydrogen-bond donors (Lipinski definition) is 1. The molecule has 1 aliphatic carbocycles. The van der Waals surface area contributed by atoms with Gasteiger partial charge in [-0.3, -0.25) is 9.48 Å². The third-order valence-electron chi connectivity index (χ3n) is 3.06. The zero-order chi connectivity index (χ0) is 11.0. The van der Waals surface area contributed by atoms with Crippen molar-refractivity contribution < 1.29 is 9.90 Å². The fourth-order valence-corrected chi connectivity index (χ4v) is 2.52. The number of fused-ring (bicyclic) bond motifs is 1. The Morgan fingerprint density at radius 1 is 1.60 bits per heavy atom. The van der Waals surface area contributed by atoms with Crippen molar-refractivity contribution in [1.82, 2.24) is 9.78 Å². The van der Waals surface area contributed by atoms with Gasteiger partial charge in [-0.15, -0.1) is 0 Å². The summed E-state index contributed by atoms with van der Waals surface area (Å²) in [5.74, 6) is -0.683. The molecule has 0 spiro atoms. The monoisotopic (exact) mass is 208 g/mol. The highest BCUT2D eigenvalue weighted by Gasteiger charge is 2.25. The molecule has 0 aliphatic heterocycles. The van der Waals surface area contributed by atoms with E-state index < -0.39 is 5.97 Å². The number of carbonyl (C=O) groups is 1. The molecule has 1 aliphatic rings. The van der Waals surface area contributed by atoms with Gasteiger partial charge in [0.2, 0.25) is 0 Å². The van der Waals surface area contributed by atoms with Crippen LogP contribution in [0.15, 0.2) is 0 Å². The van der Waals surface area contributed by atoms with Crippen LogP contribution >= 0.6 is 0 Å². The number of hydrogen-bond acceptors (Lipinski definition) is 2. The third-order valence-corrected chi connectivity index (χ3v) is 3.06. The number of rotatable bonds is 3. The Bertz CT molecular complexity index is 396. The number of aliphatic carboxylic acids is 1. The summed E-state index contributed by atoms with van der Waals surface area (Å²) in [4.78, 5) is 10.7. The van der Waals surface area contributed by atoms with Crippen LogP contribution in [0.3, 0.4) is 0 Å². The second-order valence-corrected chi connectivity index (χ2v) is 4.29. The van der Waals surface area contributed by atoms with E-state index in [4.69, 9.17) is 5.11 Å². The van der Waals surface area contributed by atoms with Crippen LogP contribution in [-0.4, -0.2) is 20.9 Å². The highest BCUT2D eigenvalue weighted by Crippen LogP contribution is 2.30. The van der Waals surface area contributed by atoms with Gasteiger partial charge in [0.15, 0.2) is 0 Å². The maximum atomic E-state index is 10.7. The number of carboxylic acids is 1. The van der Waals surface area contributed by atoms with Gasteiger partial charge in [0.1, 0.15) is 0 Å². The first-order valence-electron chi connectivity index (χ1n) is 5.36. The Morgan fingerprint density at radius 2 is 2.33 bits per heavy atom. The van der Waals surface area contributed by atoms with E-state index in [-0.39, 0.29) is 12.3 Å². The molecule has 1 unspecified atom stereocenters. The van der Waals surface area contributed by atoms with Gasteiger partial charge in [0.05, 0.1) is 12.1 Å². The summed E-state index contributed by atoms with van der Waals surface area (Å²) in [6.45, 7) is 1.96. The molecule has 0 fully saturated rings. The summed E-state index contributed by atoms with van der Waals surface area (Å²) in [7, 11) is 1.91. The van der Waals surface area contributed by atoms with Crippen LogP contribution in [-0.2, 0) is 24.7 Å². The molecular weight excluding hydrogens is 192 g/mol. The lowest BCUT2D eigenvalue weighted by Gasteiger charge is -2.11. The topological polar surface area (TPSA) is 55.1 Å². The summed E-state index contributed by atoms with van der Waals surface area (Å²) < 4.78 is 1.86. The van der Waals surface area contributed by atoms with Gasteiger partial charge < -0.3 is 5.11 Å². The lowest BCUT2D eigenvalue weighted by Crippen LogP contribution is -2.09. The molecule has 0 bridgehead atoms. The van der Waals surface area contributed by atoms with Crippen molar-refractivity contribution in [2.45, 2.75) is 38.5 Å². The first-order valence-corrected chi connectivity index (χ1v) is 5.36. The molecule has 1 aromatic rings. The van der Waals surface area contributed by atoms with Crippen molar-refractivity contribution in [3.8, 4) is 0 Å². The van der Waals surface area contributed by atoms with Crippen molar-refractivity contribution in [1.29, 1.82) is 0 Å². The second-order valence-electron chi connectivity index (χ2n) is 4.29. The largest absolute Gasteiger partial charge is 0.481 e. The van der Waals surface area contributed by atoms with Gasteiger partial charge in [-0.25, -0.2) is 0 Å². The zero-order valence-electron chi connectivity index (χ0n) is 9.16. The van der Waals surface area contributed by atoms with Gasteiger partial charge in [-0.05, 0) is 24.8 Å². The van der Waals surface area contributed by atoms with E-state index in [0.29, 0.717) is 0 Å². The molecule has 0 amide bonds. The predicted molar refractivity (Wildman–Crippen MR) is 55.9 cm³/mol. The van der Waals surface area contributed by atoms with Crippen LogP contribution in [0.25, 0.3) is 0 Å². The molecule has 1 heterocycles. The van der Waals surface area contributed by atoms with Crippen molar-refractivity contribution in [2.24, 2.45) is 7.05 Å². The Balaban J connectivity index is 2.31. The van der Waals surface area contributed by atoms with E-state index in [2.05, 4.69) is 5.10 Å². The smallest absolute Gasteiger partial charge is 0.304 e. The van der Waals surface area contributed by atoms with Crippen LogP contribution in [0.5, 0.6) is 0 Å². The third kappa shape index (κ3) is 1.76. The maximum Gasteiger partial charge on any atom is 0.304 e. The van der Waals surface area contributed by atoms with Crippen LogP contribution < -0.4 is 0 Å².